The largest absolute Gasteiger partial charge is 0.316 e. The van der Waals surface area contributed by atoms with Gasteiger partial charge in [0.2, 0.25) is 0 Å². The number of carbonyl (C=O) groups excluding carboxylic acids is 1. The molecule has 0 amide bonds. The highest BCUT2D eigenvalue weighted by Gasteiger charge is 2.40. The van der Waals surface area contributed by atoms with Crippen molar-refractivity contribution in [2.45, 2.75) is 40.0 Å². The first-order valence-electron chi connectivity index (χ1n) is 6.92. The van der Waals surface area contributed by atoms with Gasteiger partial charge in [0.05, 0.1) is 0 Å². The molecule has 0 saturated carbocycles. The highest BCUT2D eigenvalue weighted by atomic mass is 16.1. The van der Waals surface area contributed by atoms with Gasteiger partial charge in [-0.2, -0.15) is 0 Å². The van der Waals surface area contributed by atoms with Crippen LogP contribution in [0.15, 0.2) is 18.2 Å². The van der Waals surface area contributed by atoms with Crippen molar-refractivity contribution < 1.29 is 4.79 Å². The Balaban J connectivity index is 2.30. The Kier molecular flexibility index (Phi) is 3.86. The third-order valence-electron chi connectivity index (χ3n) is 4.22. The lowest BCUT2D eigenvalue weighted by molar-refractivity contribution is 0.0801. The quantitative estimate of drug-likeness (QED) is 0.825. The molecule has 2 rings (SSSR count). The van der Waals surface area contributed by atoms with Crippen molar-refractivity contribution in [3.63, 3.8) is 0 Å². The highest BCUT2D eigenvalue weighted by molar-refractivity contribution is 6.01. The number of carbonyl (C=O) groups is 1. The molecule has 2 heteroatoms. The second-order valence-corrected chi connectivity index (χ2v) is 5.59. The summed E-state index contributed by atoms with van der Waals surface area (Å²) in [5.41, 5.74) is 3.19. The summed E-state index contributed by atoms with van der Waals surface area (Å²) < 4.78 is 0. The standard InChI is InChI=1S/C16H23NO/c1-4-7-16(8-9-17-11-16)15(18)14-6-5-12(2)13(3)10-14/h5-6,10,17H,4,7-9,11H2,1-3H3. The lowest BCUT2D eigenvalue weighted by atomic mass is 9.76. The van der Waals surface area contributed by atoms with E-state index in [0.29, 0.717) is 5.78 Å². The van der Waals surface area contributed by atoms with E-state index in [-0.39, 0.29) is 5.41 Å². The average Bonchev–Trinajstić information content (AvgIpc) is 2.82. The molecule has 1 atom stereocenters. The van der Waals surface area contributed by atoms with Gasteiger partial charge < -0.3 is 5.32 Å². The molecule has 0 bridgehead atoms. The molecule has 1 aromatic carbocycles. The summed E-state index contributed by atoms with van der Waals surface area (Å²) in [4.78, 5) is 12.8. The van der Waals surface area contributed by atoms with Gasteiger partial charge in [0, 0.05) is 17.5 Å². The molecule has 1 aliphatic rings. The molecule has 18 heavy (non-hydrogen) atoms. The second kappa shape index (κ2) is 5.23. The van der Waals surface area contributed by atoms with Crippen molar-refractivity contribution in [1.82, 2.24) is 5.32 Å². The molecule has 0 aliphatic carbocycles. The molecule has 2 nitrogen and oxygen atoms in total. The third kappa shape index (κ3) is 2.35. The molecule has 1 fully saturated rings. The van der Waals surface area contributed by atoms with Crippen LogP contribution in [-0.2, 0) is 0 Å². The van der Waals surface area contributed by atoms with E-state index in [9.17, 15) is 4.79 Å². The fraction of sp³-hybridized carbons (Fsp3) is 0.562. The van der Waals surface area contributed by atoms with Crippen molar-refractivity contribution in [2.24, 2.45) is 5.41 Å². The van der Waals surface area contributed by atoms with Crippen LogP contribution in [0.2, 0.25) is 0 Å². The van der Waals surface area contributed by atoms with E-state index in [1.807, 2.05) is 12.1 Å². The summed E-state index contributed by atoms with van der Waals surface area (Å²) in [6.45, 7) is 8.13. The lowest BCUT2D eigenvalue weighted by Gasteiger charge is -2.26. The molecule has 1 aromatic rings. The lowest BCUT2D eigenvalue weighted by Crippen LogP contribution is -2.33. The third-order valence-corrected chi connectivity index (χ3v) is 4.22. The van der Waals surface area contributed by atoms with Crippen LogP contribution in [0.1, 0.15) is 47.7 Å². The van der Waals surface area contributed by atoms with Crippen LogP contribution in [0.3, 0.4) is 0 Å². The minimum Gasteiger partial charge on any atom is -0.316 e. The predicted molar refractivity (Wildman–Crippen MR) is 75.1 cm³/mol. The normalized spacial score (nSPS) is 23.3. The van der Waals surface area contributed by atoms with Gasteiger partial charge in [0.15, 0.2) is 5.78 Å². The Morgan fingerprint density at radius 1 is 1.33 bits per heavy atom. The second-order valence-electron chi connectivity index (χ2n) is 5.59. The molecule has 98 valence electrons. The number of aryl methyl sites for hydroxylation is 2. The van der Waals surface area contributed by atoms with Gasteiger partial charge in [-0.25, -0.2) is 0 Å². The zero-order valence-corrected chi connectivity index (χ0v) is 11.7. The Morgan fingerprint density at radius 2 is 2.11 bits per heavy atom. The summed E-state index contributed by atoms with van der Waals surface area (Å²) in [7, 11) is 0. The minimum absolute atomic E-state index is 0.156. The summed E-state index contributed by atoms with van der Waals surface area (Å²) in [5.74, 6) is 0.331. The number of Topliss-reactive ketones (excluding diaryl/α,β-unsaturated/α-hetero) is 1. The maximum absolute atomic E-state index is 12.8. The molecule has 0 aromatic heterocycles. The van der Waals surface area contributed by atoms with Crippen molar-refractivity contribution in [1.29, 1.82) is 0 Å². The van der Waals surface area contributed by atoms with Crippen LogP contribution in [0.25, 0.3) is 0 Å². The van der Waals surface area contributed by atoms with Crippen LogP contribution in [-0.4, -0.2) is 18.9 Å². The van der Waals surface area contributed by atoms with Crippen molar-refractivity contribution in [3.05, 3.63) is 34.9 Å². The number of hydrogen-bond acceptors (Lipinski definition) is 2. The van der Waals surface area contributed by atoms with E-state index in [2.05, 4.69) is 32.2 Å². The first-order valence-corrected chi connectivity index (χ1v) is 6.92. The molecule has 1 N–H and O–H groups in total. The Hall–Kier alpha value is -1.15. The van der Waals surface area contributed by atoms with Gasteiger partial charge in [0.1, 0.15) is 0 Å². The highest BCUT2D eigenvalue weighted by Crippen LogP contribution is 2.35. The van der Waals surface area contributed by atoms with E-state index < -0.39 is 0 Å². The fourth-order valence-electron chi connectivity index (χ4n) is 2.93. The summed E-state index contributed by atoms with van der Waals surface area (Å²) >= 11 is 0. The van der Waals surface area contributed by atoms with Crippen LogP contribution in [0, 0.1) is 19.3 Å². The monoisotopic (exact) mass is 245 g/mol. The molecule has 0 radical (unpaired) electrons. The Labute approximate surface area is 110 Å². The van der Waals surface area contributed by atoms with Gasteiger partial charge in [-0.3, -0.25) is 4.79 Å². The summed E-state index contributed by atoms with van der Waals surface area (Å²) in [6, 6.07) is 6.10. The molecular weight excluding hydrogens is 222 g/mol. The van der Waals surface area contributed by atoms with E-state index in [1.54, 1.807) is 0 Å². The summed E-state index contributed by atoms with van der Waals surface area (Å²) in [6.07, 6.45) is 3.04. The number of nitrogens with one attached hydrogen (secondary N) is 1. The Morgan fingerprint density at radius 3 is 2.67 bits per heavy atom. The predicted octanol–water partition coefficient (Wildman–Crippen LogP) is 3.27. The maximum Gasteiger partial charge on any atom is 0.170 e. The number of ketones is 1. The zero-order valence-electron chi connectivity index (χ0n) is 11.7. The van der Waals surface area contributed by atoms with E-state index >= 15 is 0 Å². The van der Waals surface area contributed by atoms with Crippen LogP contribution in [0.5, 0.6) is 0 Å². The first kappa shape index (κ1) is 13.3. The van der Waals surface area contributed by atoms with Crippen LogP contribution >= 0.6 is 0 Å². The van der Waals surface area contributed by atoms with Gasteiger partial charge in [0.25, 0.3) is 0 Å². The van der Waals surface area contributed by atoms with Crippen LogP contribution in [0.4, 0.5) is 0 Å². The van der Waals surface area contributed by atoms with E-state index in [0.717, 1.165) is 37.9 Å². The molecular formula is C16H23NO. The van der Waals surface area contributed by atoms with Crippen molar-refractivity contribution in [3.8, 4) is 0 Å². The van der Waals surface area contributed by atoms with E-state index in [4.69, 9.17) is 0 Å². The molecule has 1 saturated heterocycles. The number of hydrogen-bond donors (Lipinski definition) is 1. The van der Waals surface area contributed by atoms with Crippen LogP contribution < -0.4 is 5.32 Å². The minimum atomic E-state index is -0.156. The summed E-state index contributed by atoms with van der Waals surface area (Å²) in [5, 5.41) is 3.35. The SMILES string of the molecule is CCCC1(C(=O)c2ccc(C)c(C)c2)CCNC1. The smallest absolute Gasteiger partial charge is 0.170 e. The fourth-order valence-corrected chi connectivity index (χ4v) is 2.93. The molecule has 0 spiro atoms. The maximum atomic E-state index is 12.8. The average molecular weight is 245 g/mol. The van der Waals surface area contributed by atoms with Gasteiger partial charge in [-0.05, 0) is 50.4 Å². The van der Waals surface area contributed by atoms with Crippen molar-refractivity contribution in [2.75, 3.05) is 13.1 Å². The van der Waals surface area contributed by atoms with Crippen molar-refractivity contribution >= 4 is 5.78 Å². The number of rotatable bonds is 4. The van der Waals surface area contributed by atoms with Gasteiger partial charge in [-0.1, -0.05) is 25.5 Å². The molecule has 1 aliphatic heterocycles. The number of benzene rings is 1. The van der Waals surface area contributed by atoms with E-state index in [1.165, 1.54) is 11.1 Å². The Bertz CT molecular complexity index is 444. The molecule has 1 heterocycles. The topological polar surface area (TPSA) is 29.1 Å². The van der Waals surface area contributed by atoms with Gasteiger partial charge >= 0.3 is 0 Å². The van der Waals surface area contributed by atoms with Gasteiger partial charge in [-0.15, -0.1) is 0 Å². The first-order chi connectivity index (χ1) is 8.59. The zero-order chi connectivity index (χ0) is 13.2. The molecule has 1 unspecified atom stereocenters.